The highest BCUT2D eigenvalue weighted by Gasteiger charge is 2.41. The molecule has 0 unspecified atom stereocenters. The number of amides is 1. The predicted octanol–water partition coefficient (Wildman–Crippen LogP) is 2.88. The number of aliphatic carboxylic acids is 1. The normalized spacial score (nSPS) is 18.0. The molecule has 1 aliphatic rings. The Morgan fingerprint density at radius 3 is 2.37 bits per heavy atom. The van der Waals surface area contributed by atoms with Crippen LogP contribution in [0, 0.1) is 13.8 Å². The van der Waals surface area contributed by atoms with Crippen LogP contribution in [-0.4, -0.2) is 22.5 Å². The lowest BCUT2D eigenvalue weighted by Crippen LogP contribution is -2.55. The standard InChI is InChI=1S/C14H19NO3S/c1-9-10(2)19-8-11(9)12(16)15-14(13(17)18)6-4-3-5-7-14/h8H,3-7H2,1-2H3,(H,15,16)(H,17,18). The SMILES string of the molecule is Cc1scc(C(=O)NC2(C(=O)O)CCCCC2)c1C. The van der Waals surface area contributed by atoms with Gasteiger partial charge in [0, 0.05) is 10.3 Å². The molecule has 0 atom stereocenters. The van der Waals surface area contributed by atoms with Gasteiger partial charge in [-0.05, 0) is 32.3 Å². The number of rotatable bonds is 3. The second kappa shape index (κ2) is 5.33. The molecule has 2 rings (SSSR count). The second-order valence-electron chi connectivity index (χ2n) is 5.23. The van der Waals surface area contributed by atoms with Crippen LogP contribution < -0.4 is 5.32 Å². The third-order valence-electron chi connectivity index (χ3n) is 4.00. The first-order chi connectivity index (χ1) is 8.96. The molecule has 1 aromatic heterocycles. The first-order valence-corrected chi connectivity index (χ1v) is 7.45. The first-order valence-electron chi connectivity index (χ1n) is 6.57. The molecular weight excluding hydrogens is 262 g/mol. The minimum atomic E-state index is -1.07. The van der Waals surface area contributed by atoms with Crippen molar-refractivity contribution in [2.75, 3.05) is 0 Å². The fourth-order valence-corrected chi connectivity index (χ4v) is 3.44. The van der Waals surface area contributed by atoms with Gasteiger partial charge in [0.1, 0.15) is 5.54 Å². The van der Waals surface area contributed by atoms with Gasteiger partial charge in [-0.3, -0.25) is 4.79 Å². The highest BCUT2D eigenvalue weighted by molar-refractivity contribution is 7.10. The summed E-state index contributed by atoms with van der Waals surface area (Å²) in [6.07, 6.45) is 3.80. The molecule has 1 heterocycles. The van der Waals surface area contributed by atoms with Crippen molar-refractivity contribution in [2.45, 2.75) is 51.5 Å². The molecule has 0 saturated heterocycles. The topological polar surface area (TPSA) is 66.4 Å². The van der Waals surface area contributed by atoms with E-state index in [1.165, 1.54) is 11.3 Å². The van der Waals surface area contributed by atoms with Gasteiger partial charge < -0.3 is 10.4 Å². The van der Waals surface area contributed by atoms with Crippen LogP contribution in [0.4, 0.5) is 0 Å². The number of carbonyl (C=O) groups is 2. The molecule has 0 radical (unpaired) electrons. The molecule has 1 amide bonds. The number of hydrogen-bond acceptors (Lipinski definition) is 3. The molecule has 104 valence electrons. The van der Waals surface area contributed by atoms with Crippen LogP contribution in [0.5, 0.6) is 0 Å². The Morgan fingerprint density at radius 1 is 1.26 bits per heavy atom. The van der Waals surface area contributed by atoms with Gasteiger partial charge in [-0.15, -0.1) is 11.3 Å². The molecule has 0 aliphatic heterocycles. The zero-order valence-electron chi connectivity index (χ0n) is 11.3. The molecule has 2 N–H and O–H groups in total. The maximum Gasteiger partial charge on any atom is 0.329 e. The number of carbonyl (C=O) groups excluding carboxylic acids is 1. The van der Waals surface area contributed by atoms with Crippen molar-refractivity contribution in [1.82, 2.24) is 5.32 Å². The van der Waals surface area contributed by atoms with E-state index in [4.69, 9.17) is 0 Å². The summed E-state index contributed by atoms with van der Waals surface area (Å²) in [5.41, 5.74) is 0.477. The number of aryl methyl sites for hydroxylation is 1. The van der Waals surface area contributed by atoms with Gasteiger partial charge in [-0.1, -0.05) is 19.3 Å². The summed E-state index contributed by atoms with van der Waals surface area (Å²) >= 11 is 1.52. The lowest BCUT2D eigenvalue weighted by Gasteiger charge is -2.33. The molecule has 4 nitrogen and oxygen atoms in total. The quantitative estimate of drug-likeness (QED) is 0.895. The molecule has 19 heavy (non-hydrogen) atoms. The lowest BCUT2D eigenvalue weighted by atomic mass is 9.81. The Morgan fingerprint density at radius 2 is 1.89 bits per heavy atom. The van der Waals surface area contributed by atoms with Crippen molar-refractivity contribution in [2.24, 2.45) is 0 Å². The van der Waals surface area contributed by atoms with E-state index in [0.29, 0.717) is 18.4 Å². The Kier molecular flexibility index (Phi) is 3.94. The van der Waals surface area contributed by atoms with Crippen LogP contribution in [-0.2, 0) is 4.79 Å². The summed E-state index contributed by atoms with van der Waals surface area (Å²) in [7, 11) is 0. The Hall–Kier alpha value is -1.36. The highest BCUT2D eigenvalue weighted by Crippen LogP contribution is 2.29. The van der Waals surface area contributed by atoms with Crippen molar-refractivity contribution >= 4 is 23.2 Å². The van der Waals surface area contributed by atoms with Gasteiger partial charge in [0.2, 0.25) is 0 Å². The average molecular weight is 281 g/mol. The largest absolute Gasteiger partial charge is 0.480 e. The van der Waals surface area contributed by atoms with E-state index in [1.54, 1.807) is 5.38 Å². The summed E-state index contributed by atoms with van der Waals surface area (Å²) in [5, 5.41) is 14.0. The summed E-state index contributed by atoms with van der Waals surface area (Å²) in [5.74, 6) is -1.17. The van der Waals surface area contributed by atoms with Crippen molar-refractivity contribution in [3.05, 3.63) is 21.4 Å². The molecule has 5 heteroatoms. The lowest BCUT2D eigenvalue weighted by molar-refractivity contribution is -0.145. The number of thiophene rings is 1. The first kappa shape index (κ1) is 14.1. The molecule has 0 aromatic carbocycles. The number of nitrogens with one attached hydrogen (secondary N) is 1. The summed E-state index contributed by atoms with van der Waals surface area (Å²) in [4.78, 5) is 24.9. The van der Waals surface area contributed by atoms with E-state index >= 15 is 0 Å². The average Bonchev–Trinajstić information content (AvgIpc) is 2.71. The van der Waals surface area contributed by atoms with Crippen molar-refractivity contribution < 1.29 is 14.7 Å². The van der Waals surface area contributed by atoms with Gasteiger partial charge in [-0.25, -0.2) is 4.79 Å². The summed E-state index contributed by atoms with van der Waals surface area (Å²) in [6.45, 7) is 3.86. The highest BCUT2D eigenvalue weighted by atomic mass is 32.1. The number of hydrogen-bond donors (Lipinski definition) is 2. The predicted molar refractivity (Wildman–Crippen MR) is 74.7 cm³/mol. The van der Waals surface area contributed by atoms with Crippen LogP contribution in [0.2, 0.25) is 0 Å². The van der Waals surface area contributed by atoms with E-state index < -0.39 is 11.5 Å². The summed E-state index contributed by atoms with van der Waals surface area (Å²) < 4.78 is 0. The van der Waals surface area contributed by atoms with Gasteiger partial charge in [0.15, 0.2) is 0 Å². The minimum Gasteiger partial charge on any atom is -0.480 e. The maximum atomic E-state index is 12.3. The van der Waals surface area contributed by atoms with E-state index in [1.807, 2.05) is 13.8 Å². The van der Waals surface area contributed by atoms with Gasteiger partial charge in [0.05, 0.1) is 5.56 Å². The monoisotopic (exact) mass is 281 g/mol. The molecule has 1 saturated carbocycles. The van der Waals surface area contributed by atoms with Crippen LogP contribution >= 0.6 is 11.3 Å². The van der Waals surface area contributed by atoms with Crippen LogP contribution in [0.25, 0.3) is 0 Å². The fourth-order valence-electron chi connectivity index (χ4n) is 2.57. The van der Waals surface area contributed by atoms with Crippen molar-refractivity contribution in [1.29, 1.82) is 0 Å². The van der Waals surface area contributed by atoms with E-state index in [0.717, 1.165) is 29.7 Å². The van der Waals surface area contributed by atoms with Crippen molar-refractivity contribution in [3.8, 4) is 0 Å². The van der Waals surface area contributed by atoms with Gasteiger partial charge in [-0.2, -0.15) is 0 Å². The third-order valence-corrected chi connectivity index (χ3v) is 5.01. The van der Waals surface area contributed by atoms with Crippen molar-refractivity contribution in [3.63, 3.8) is 0 Å². The number of carboxylic acids is 1. The Labute approximate surface area is 116 Å². The van der Waals surface area contributed by atoms with Gasteiger partial charge in [0.25, 0.3) is 5.91 Å². The van der Waals surface area contributed by atoms with Crippen LogP contribution in [0.15, 0.2) is 5.38 Å². The maximum absolute atomic E-state index is 12.3. The van der Waals surface area contributed by atoms with Crippen LogP contribution in [0.1, 0.15) is 52.9 Å². The number of carboxylic acid groups (broad SMARTS) is 1. The molecule has 1 aromatic rings. The van der Waals surface area contributed by atoms with E-state index in [2.05, 4.69) is 5.32 Å². The van der Waals surface area contributed by atoms with Gasteiger partial charge >= 0.3 is 5.97 Å². The van der Waals surface area contributed by atoms with E-state index in [-0.39, 0.29) is 5.91 Å². The molecule has 0 spiro atoms. The molecule has 1 aliphatic carbocycles. The van der Waals surface area contributed by atoms with Crippen LogP contribution in [0.3, 0.4) is 0 Å². The Bertz CT molecular complexity index is 501. The zero-order chi connectivity index (χ0) is 14.0. The molecular formula is C14H19NO3S. The summed E-state index contributed by atoms with van der Waals surface area (Å²) in [6, 6.07) is 0. The minimum absolute atomic E-state index is 0.258. The smallest absolute Gasteiger partial charge is 0.329 e. The Balaban J connectivity index is 2.20. The second-order valence-corrected chi connectivity index (χ2v) is 6.32. The molecule has 0 bridgehead atoms. The third kappa shape index (κ3) is 2.66. The zero-order valence-corrected chi connectivity index (χ0v) is 12.1. The molecule has 1 fully saturated rings. The van der Waals surface area contributed by atoms with E-state index in [9.17, 15) is 14.7 Å². The fraction of sp³-hybridized carbons (Fsp3) is 0.571.